The van der Waals surface area contributed by atoms with Crippen molar-refractivity contribution >= 4 is 21.6 Å². The van der Waals surface area contributed by atoms with Crippen molar-refractivity contribution in [2.24, 2.45) is 5.73 Å². The molecule has 0 unspecified atom stereocenters. The molecule has 1 heterocycles. The minimum Gasteiger partial charge on any atom is -0.492 e. The zero-order valence-electron chi connectivity index (χ0n) is 15.9. The first-order chi connectivity index (χ1) is 12.9. The van der Waals surface area contributed by atoms with Crippen molar-refractivity contribution in [2.75, 3.05) is 25.0 Å². The molecule has 7 nitrogen and oxygen atoms in total. The lowest BCUT2D eigenvalue weighted by Crippen LogP contribution is -2.48. The second-order valence-electron chi connectivity index (χ2n) is 7.38. The van der Waals surface area contributed by atoms with E-state index in [1.807, 2.05) is 6.92 Å². The molecule has 3 rings (SSSR count). The van der Waals surface area contributed by atoms with Crippen molar-refractivity contribution < 1.29 is 17.9 Å². The van der Waals surface area contributed by atoms with Crippen LogP contribution < -0.4 is 15.8 Å². The number of nitrogens with two attached hydrogens (primary N) is 1. The first-order valence-corrected chi connectivity index (χ1v) is 11.2. The number of nitrogens with zero attached hydrogens (tertiary/aromatic N) is 1. The SMILES string of the molecule is CCOc1ccc(NC(=O)C2(N)CCCC2)cc1S(=O)(=O)N1CCCCC1. The van der Waals surface area contributed by atoms with E-state index in [1.54, 1.807) is 12.1 Å². The highest BCUT2D eigenvalue weighted by molar-refractivity contribution is 7.89. The van der Waals surface area contributed by atoms with E-state index in [4.69, 9.17) is 10.5 Å². The zero-order chi connectivity index (χ0) is 19.5. The Labute approximate surface area is 161 Å². The third-order valence-corrected chi connectivity index (χ3v) is 7.30. The van der Waals surface area contributed by atoms with Crippen LogP contribution in [-0.4, -0.2) is 43.9 Å². The fraction of sp³-hybridized carbons (Fsp3) is 0.632. The molecule has 0 bridgehead atoms. The van der Waals surface area contributed by atoms with Gasteiger partial charge in [0.1, 0.15) is 10.6 Å². The molecule has 1 aliphatic heterocycles. The third kappa shape index (κ3) is 4.28. The topological polar surface area (TPSA) is 102 Å². The van der Waals surface area contributed by atoms with Gasteiger partial charge in [0.15, 0.2) is 0 Å². The molecule has 0 aromatic heterocycles. The third-order valence-electron chi connectivity index (χ3n) is 5.38. The molecule has 27 heavy (non-hydrogen) atoms. The number of hydrogen-bond donors (Lipinski definition) is 2. The van der Waals surface area contributed by atoms with Gasteiger partial charge in [0, 0.05) is 18.8 Å². The van der Waals surface area contributed by atoms with Gasteiger partial charge >= 0.3 is 0 Å². The van der Waals surface area contributed by atoms with Gasteiger partial charge < -0.3 is 15.8 Å². The van der Waals surface area contributed by atoms with Gasteiger partial charge in [-0.25, -0.2) is 8.42 Å². The Kier molecular flexibility index (Phi) is 6.08. The van der Waals surface area contributed by atoms with Crippen LogP contribution in [-0.2, 0) is 14.8 Å². The van der Waals surface area contributed by atoms with Crippen molar-refractivity contribution in [3.8, 4) is 5.75 Å². The van der Waals surface area contributed by atoms with Crippen LogP contribution in [0.5, 0.6) is 5.75 Å². The molecule has 150 valence electrons. The molecule has 3 N–H and O–H groups in total. The van der Waals surface area contributed by atoms with E-state index < -0.39 is 15.6 Å². The van der Waals surface area contributed by atoms with E-state index in [9.17, 15) is 13.2 Å². The number of amides is 1. The predicted molar refractivity (Wildman–Crippen MR) is 104 cm³/mol. The Bertz CT molecular complexity index is 782. The van der Waals surface area contributed by atoms with Crippen LogP contribution in [0.1, 0.15) is 51.9 Å². The van der Waals surface area contributed by atoms with Crippen LogP contribution >= 0.6 is 0 Å². The molecular formula is C19H29N3O4S. The summed E-state index contributed by atoms with van der Waals surface area (Å²) >= 11 is 0. The molecule has 1 aromatic carbocycles. The van der Waals surface area contributed by atoms with Crippen molar-refractivity contribution in [3.63, 3.8) is 0 Å². The minimum atomic E-state index is -3.68. The molecule has 0 atom stereocenters. The molecule has 8 heteroatoms. The van der Waals surface area contributed by atoms with Crippen LogP contribution in [0.3, 0.4) is 0 Å². The van der Waals surface area contributed by atoms with Crippen molar-refractivity contribution in [1.29, 1.82) is 0 Å². The fourth-order valence-corrected chi connectivity index (χ4v) is 5.47. The summed E-state index contributed by atoms with van der Waals surface area (Å²) in [4.78, 5) is 12.7. The number of piperidine rings is 1. The summed E-state index contributed by atoms with van der Waals surface area (Å²) in [6, 6.07) is 4.76. The number of carbonyl (C=O) groups excluding carboxylic acids is 1. The largest absolute Gasteiger partial charge is 0.492 e. The summed E-state index contributed by atoms with van der Waals surface area (Å²) in [5, 5.41) is 2.81. The van der Waals surface area contributed by atoms with E-state index in [1.165, 1.54) is 10.4 Å². The second-order valence-corrected chi connectivity index (χ2v) is 9.28. The summed E-state index contributed by atoms with van der Waals surface area (Å²) in [5.74, 6) is 0.0508. The van der Waals surface area contributed by atoms with E-state index >= 15 is 0 Å². The first-order valence-electron chi connectivity index (χ1n) is 9.74. The van der Waals surface area contributed by atoms with E-state index in [0.717, 1.165) is 32.1 Å². The molecule has 0 radical (unpaired) electrons. The van der Waals surface area contributed by atoms with Gasteiger partial charge in [-0.3, -0.25) is 4.79 Å². The molecule has 2 fully saturated rings. The molecule has 1 aliphatic carbocycles. The van der Waals surface area contributed by atoms with Crippen LogP contribution in [0, 0.1) is 0 Å². The molecular weight excluding hydrogens is 366 g/mol. The van der Waals surface area contributed by atoms with E-state index in [0.29, 0.717) is 44.0 Å². The highest BCUT2D eigenvalue weighted by Crippen LogP contribution is 2.33. The van der Waals surface area contributed by atoms with E-state index in [-0.39, 0.29) is 10.8 Å². The van der Waals surface area contributed by atoms with Gasteiger partial charge in [-0.15, -0.1) is 0 Å². The molecule has 1 saturated carbocycles. The lowest BCUT2D eigenvalue weighted by Gasteiger charge is -2.27. The summed E-state index contributed by atoms with van der Waals surface area (Å²) in [7, 11) is -3.68. The van der Waals surface area contributed by atoms with Crippen molar-refractivity contribution in [3.05, 3.63) is 18.2 Å². The lowest BCUT2D eigenvalue weighted by atomic mass is 9.98. The number of sulfonamides is 1. The standard InChI is InChI=1S/C19H29N3O4S/c1-2-26-16-9-8-15(21-18(23)19(20)10-4-5-11-19)14-17(16)27(24,25)22-12-6-3-7-13-22/h8-9,14H,2-7,10-13,20H2,1H3,(H,21,23). The molecule has 1 saturated heterocycles. The average Bonchev–Trinajstić information content (AvgIpc) is 3.12. The number of carbonyl (C=O) groups is 1. The maximum atomic E-state index is 13.1. The second kappa shape index (κ2) is 8.16. The number of benzene rings is 1. The Hall–Kier alpha value is -1.64. The zero-order valence-corrected chi connectivity index (χ0v) is 16.7. The number of anilines is 1. The number of rotatable bonds is 6. The smallest absolute Gasteiger partial charge is 0.246 e. The Morgan fingerprint density at radius 1 is 1.19 bits per heavy atom. The van der Waals surface area contributed by atoms with Gasteiger partial charge in [0.05, 0.1) is 12.1 Å². The van der Waals surface area contributed by atoms with Gasteiger partial charge in [-0.1, -0.05) is 19.3 Å². The average molecular weight is 396 g/mol. The summed E-state index contributed by atoms with van der Waals surface area (Å²) in [6.07, 6.45) is 5.91. The highest BCUT2D eigenvalue weighted by atomic mass is 32.2. The Morgan fingerprint density at radius 2 is 1.85 bits per heavy atom. The molecule has 1 aromatic rings. The quantitative estimate of drug-likeness (QED) is 0.770. The minimum absolute atomic E-state index is 0.0987. The number of ether oxygens (including phenoxy) is 1. The summed E-state index contributed by atoms with van der Waals surface area (Å²) < 4.78 is 33.3. The Morgan fingerprint density at radius 3 is 2.48 bits per heavy atom. The van der Waals surface area contributed by atoms with Crippen LogP contribution in [0.15, 0.2) is 23.1 Å². The maximum Gasteiger partial charge on any atom is 0.246 e. The number of hydrogen-bond acceptors (Lipinski definition) is 5. The summed E-state index contributed by atoms with van der Waals surface area (Å²) in [6.45, 7) is 3.19. The van der Waals surface area contributed by atoms with Crippen molar-refractivity contribution in [2.45, 2.75) is 62.3 Å². The van der Waals surface area contributed by atoms with E-state index in [2.05, 4.69) is 5.32 Å². The van der Waals surface area contributed by atoms with Crippen LogP contribution in [0.4, 0.5) is 5.69 Å². The fourth-order valence-electron chi connectivity index (χ4n) is 3.80. The summed E-state index contributed by atoms with van der Waals surface area (Å²) in [5.41, 5.74) is 5.76. The normalized spacial score (nSPS) is 20.4. The maximum absolute atomic E-state index is 13.1. The predicted octanol–water partition coefficient (Wildman–Crippen LogP) is 2.47. The van der Waals surface area contributed by atoms with Gasteiger partial charge in [0.25, 0.3) is 0 Å². The Balaban J connectivity index is 1.89. The molecule has 0 spiro atoms. The van der Waals surface area contributed by atoms with Crippen LogP contribution in [0.2, 0.25) is 0 Å². The number of nitrogens with one attached hydrogen (secondary N) is 1. The highest BCUT2D eigenvalue weighted by Gasteiger charge is 2.37. The first kappa shape index (κ1) is 20.1. The van der Waals surface area contributed by atoms with Gasteiger partial charge in [-0.05, 0) is 50.8 Å². The van der Waals surface area contributed by atoms with Gasteiger partial charge in [-0.2, -0.15) is 4.31 Å². The van der Waals surface area contributed by atoms with Gasteiger partial charge in [0.2, 0.25) is 15.9 Å². The van der Waals surface area contributed by atoms with Crippen molar-refractivity contribution in [1.82, 2.24) is 4.31 Å². The monoisotopic (exact) mass is 395 g/mol. The lowest BCUT2D eigenvalue weighted by molar-refractivity contribution is -0.121. The van der Waals surface area contributed by atoms with Crippen LogP contribution in [0.25, 0.3) is 0 Å². The molecule has 2 aliphatic rings. The molecule has 1 amide bonds.